The highest BCUT2D eigenvalue weighted by Crippen LogP contribution is 2.33. The summed E-state index contributed by atoms with van der Waals surface area (Å²) in [5, 5.41) is 3.31. The standard InChI is InChI=1S/C15H25N3O2/c1-15(2)9-13(19)12(14(20)10-15)11-17-5-8-18-6-3-16-4-7-18/h11-12,16H,3-10H2,1-2H3. The molecule has 1 aliphatic heterocycles. The van der Waals surface area contributed by atoms with Crippen molar-refractivity contribution in [3.8, 4) is 0 Å². The number of carbonyl (C=O) groups excluding carboxylic acids is 2. The average molecular weight is 279 g/mol. The predicted octanol–water partition coefficient (Wildman–Crippen LogP) is 0.537. The van der Waals surface area contributed by atoms with Gasteiger partial charge >= 0.3 is 0 Å². The van der Waals surface area contributed by atoms with Gasteiger partial charge in [0.15, 0.2) is 0 Å². The summed E-state index contributed by atoms with van der Waals surface area (Å²) in [7, 11) is 0. The molecule has 0 aromatic carbocycles. The van der Waals surface area contributed by atoms with Crippen LogP contribution in [0, 0.1) is 11.3 Å². The van der Waals surface area contributed by atoms with Crippen molar-refractivity contribution in [1.82, 2.24) is 10.2 Å². The van der Waals surface area contributed by atoms with Crippen molar-refractivity contribution < 1.29 is 9.59 Å². The van der Waals surface area contributed by atoms with Crippen molar-refractivity contribution in [1.29, 1.82) is 0 Å². The maximum atomic E-state index is 12.0. The number of carbonyl (C=O) groups is 2. The maximum absolute atomic E-state index is 12.0. The van der Waals surface area contributed by atoms with Crippen molar-refractivity contribution in [3.05, 3.63) is 0 Å². The smallest absolute Gasteiger partial charge is 0.149 e. The first-order valence-corrected chi connectivity index (χ1v) is 7.46. The fraction of sp³-hybridized carbons (Fsp3) is 0.800. The van der Waals surface area contributed by atoms with Gasteiger partial charge in [-0.15, -0.1) is 0 Å². The van der Waals surface area contributed by atoms with Gasteiger partial charge in [-0.05, 0) is 5.41 Å². The molecule has 0 unspecified atom stereocenters. The summed E-state index contributed by atoms with van der Waals surface area (Å²) in [6.45, 7) is 9.66. The molecule has 5 nitrogen and oxygen atoms in total. The lowest BCUT2D eigenvalue weighted by molar-refractivity contribution is -0.136. The Hall–Kier alpha value is -1.07. The van der Waals surface area contributed by atoms with Crippen LogP contribution in [0.1, 0.15) is 26.7 Å². The van der Waals surface area contributed by atoms with E-state index >= 15 is 0 Å². The summed E-state index contributed by atoms with van der Waals surface area (Å²) in [6.07, 6.45) is 2.54. The van der Waals surface area contributed by atoms with Gasteiger partial charge in [-0.1, -0.05) is 13.8 Å². The second kappa shape index (κ2) is 6.59. The van der Waals surface area contributed by atoms with E-state index in [1.165, 1.54) is 0 Å². The van der Waals surface area contributed by atoms with Crippen LogP contribution in [0.25, 0.3) is 0 Å². The van der Waals surface area contributed by atoms with Crippen LogP contribution < -0.4 is 5.32 Å². The quantitative estimate of drug-likeness (QED) is 0.602. The Bertz CT molecular complexity index is 378. The average Bonchev–Trinajstić information content (AvgIpc) is 2.37. The van der Waals surface area contributed by atoms with E-state index in [2.05, 4.69) is 15.2 Å². The molecule has 2 aliphatic rings. The van der Waals surface area contributed by atoms with Crippen molar-refractivity contribution in [2.24, 2.45) is 16.3 Å². The number of ketones is 2. The third-order valence-corrected chi connectivity index (χ3v) is 4.01. The Morgan fingerprint density at radius 2 is 1.85 bits per heavy atom. The maximum Gasteiger partial charge on any atom is 0.149 e. The van der Waals surface area contributed by atoms with E-state index < -0.39 is 5.92 Å². The zero-order valence-corrected chi connectivity index (χ0v) is 12.5. The molecule has 0 radical (unpaired) electrons. The van der Waals surface area contributed by atoms with Crippen LogP contribution in [0.15, 0.2) is 4.99 Å². The van der Waals surface area contributed by atoms with Crippen LogP contribution >= 0.6 is 0 Å². The summed E-state index contributed by atoms with van der Waals surface area (Å²) in [5.74, 6) is -0.541. The summed E-state index contributed by atoms with van der Waals surface area (Å²) in [6, 6.07) is 0. The van der Waals surface area contributed by atoms with E-state index in [9.17, 15) is 9.59 Å². The number of aliphatic imine (C=N–C) groups is 1. The van der Waals surface area contributed by atoms with E-state index in [4.69, 9.17) is 0 Å². The van der Waals surface area contributed by atoms with Crippen LogP contribution in [0.5, 0.6) is 0 Å². The first-order chi connectivity index (χ1) is 9.48. The lowest BCUT2D eigenvalue weighted by Gasteiger charge is -2.30. The number of rotatable bonds is 4. The van der Waals surface area contributed by atoms with Gasteiger partial charge in [0.1, 0.15) is 17.5 Å². The lowest BCUT2D eigenvalue weighted by Crippen LogP contribution is -2.44. The zero-order valence-electron chi connectivity index (χ0n) is 12.5. The molecule has 0 aromatic rings. The van der Waals surface area contributed by atoms with Gasteiger partial charge in [0.2, 0.25) is 0 Å². The van der Waals surface area contributed by atoms with E-state index in [0.29, 0.717) is 19.4 Å². The van der Waals surface area contributed by atoms with E-state index in [0.717, 1.165) is 32.7 Å². The molecule has 1 heterocycles. The molecule has 1 saturated carbocycles. The first-order valence-electron chi connectivity index (χ1n) is 7.46. The molecule has 1 N–H and O–H groups in total. The highest BCUT2D eigenvalue weighted by Gasteiger charge is 2.38. The number of Topliss-reactive ketones (excluding diaryl/α,β-unsaturated/α-hetero) is 2. The Balaban J connectivity index is 1.78. The van der Waals surface area contributed by atoms with Crippen LogP contribution in [0.4, 0.5) is 0 Å². The van der Waals surface area contributed by atoms with Crippen LogP contribution in [-0.2, 0) is 9.59 Å². The summed E-state index contributed by atoms with van der Waals surface area (Å²) in [5.41, 5.74) is -0.181. The predicted molar refractivity (Wildman–Crippen MR) is 79.2 cm³/mol. The molecular weight excluding hydrogens is 254 g/mol. The molecular formula is C15H25N3O2. The van der Waals surface area contributed by atoms with Crippen LogP contribution in [0.3, 0.4) is 0 Å². The van der Waals surface area contributed by atoms with Crippen molar-refractivity contribution >= 4 is 17.8 Å². The molecule has 0 spiro atoms. The SMILES string of the molecule is CC1(C)CC(=O)C(C=NCCN2CCNCC2)C(=O)C1. The molecule has 0 atom stereocenters. The third-order valence-electron chi connectivity index (χ3n) is 4.01. The van der Waals surface area contributed by atoms with Gasteiger partial charge in [0, 0.05) is 51.8 Å². The molecule has 2 fully saturated rings. The van der Waals surface area contributed by atoms with Gasteiger partial charge in [0.05, 0.1) is 6.54 Å². The van der Waals surface area contributed by atoms with Crippen molar-refractivity contribution in [3.63, 3.8) is 0 Å². The molecule has 20 heavy (non-hydrogen) atoms. The van der Waals surface area contributed by atoms with Crippen LogP contribution in [-0.4, -0.2) is 61.9 Å². The first kappa shape index (κ1) is 15.3. The fourth-order valence-corrected chi connectivity index (χ4v) is 2.89. The van der Waals surface area contributed by atoms with Crippen LogP contribution in [0.2, 0.25) is 0 Å². The number of nitrogens with zero attached hydrogens (tertiary/aromatic N) is 2. The Morgan fingerprint density at radius 3 is 2.45 bits per heavy atom. The lowest BCUT2D eigenvalue weighted by atomic mass is 9.72. The van der Waals surface area contributed by atoms with Gasteiger partial charge in [0.25, 0.3) is 0 Å². The monoisotopic (exact) mass is 279 g/mol. The van der Waals surface area contributed by atoms with Gasteiger partial charge in [-0.2, -0.15) is 0 Å². The molecule has 0 amide bonds. The normalized spacial score (nSPS) is 25.5. The second-order valence-corrected chi connectivity index (χ2v) is 6.57. The van der Waals surface area contributed by atoms with E-state index in [1.807, 2.05) is 13.8 Å². The molecule has 5 heteroatoms. The second-order valence-electron chi connectivity index (χ2n) is 6.57. The molecule has 112 valence electrons. The minimum atomic E-state index is -0.592. The zero-order chi connectivity index (χ0) is 14.6. The Morgan fingerprint density at radius 1 is 1.25 bits per heavy atom. The summed E-state index contributed by atoms with van der Waals surface area (Å²) in [4.78, 5) is 30.6. The Labute approximate surface area is 120 Å². The van der Waals surface area contributed by atoms with Gasteiger partial charge in [-0.25, -0.2) is 0 Å². The van der Waals surface area contributed by atoms with Gasteiger partial charge in [-0.3, -0.25) is 19.5 Å². The van der Waals surface area contributed by atoms with Crippen molar-refractivity contribution in [2.75, 3.05) is 39.3 Å². The highest BCUT2D eigenvalue weighted by atomic mass is 16.2. The minimum absolute atomic E-state index is 0.0252. The fourth-order valence-electron chi connectivity index (χ4n) is 2.89. The van der Waals surface area contributed by atoms with E-state index in [-0.39, 0.29) is 17.0 Å². The van der Waals surface area contributed by atoms with Crippen molar-refractivity contribution in [2.45, 2.75) is 26.7 Å². The molecule has 0 bridgehead atoms. The molecule has 1 aliphatic carbocycles. The number of hydrogen-bond donors (Lipinski definition) is 1. The summed E-state index contributed by atoms with van der Waals surface area (Å²) < 4.78 is 0. The van der Waals surface area contributed by atoms with E-state index in [1.54, 1.807) is 6.21 Å². The third kappa shape index (κ3) is 4.21. The Kier molecular flexibility index (Phi) is 5.05. The number of nitrogens with one attached hydrogen (secondary N) is 1. The topological polar surface area (TPSA) is 61.8 Å². The molecule has 1 saturated heterocycles. The largest absolute Gasteiger partial charge is 0.314 e. The number of hydrogen-bond acceptors (Lipinski definition) is 5. The summed E-state index contributed by atoms with van der Waals surface area (Å²) >= 11 is 0. The van der Waals surface area contributed by atoms with Gasteiger partial charge < -0.3 is 5.32 Å². The minimum Gasteiger partial charge on any atom is -0.314 e. The number of piperazine rings is 1. The molecule has 0 aromatic heterocycles. The highest BCUT2D eigenvalue weighted by molar-refractivity contribution is 6.16. The molecule has 2 rings (SSSR count).